The summed E-state index contributed by atoms with van der Waals surface area (Å²) in [7, 11) is 4.30. The number of hydrogen-bond donors (Lipinski definition) is 1. The van der Waals surface area contributed by atoms with Crippen molar-refractivity contribution in [2.24, 2.45) is 23.7 Å². The Balaban J connectivity index is 1.43. The van der Waals surface area contributed by atoms with Crippen molar-refractivity contribution in [3.05, 3.63) is 12.2 Å². The van der Waals surface area contributed by atoms with Crippen LogP contribution in [0, 0.1) is 23.7 Å². The van der Waals surface area contributed by atoms with Crippen LogP contribution in [-0.2, 0) is 4.79 Å². The van der Waals surface area contributed by atoms with Crippen molar-refractivity contribution in [1.29, 1.82) is 0 Å². The van der Waals surface area contributed by atoms with E-state index in [0.29, 0.717) is 23.8 Å². The van der Waals surface area contributed by atoms with Crippen LogP contribution in [0.25, 0.3) is 0 Å². The van der Waals surface area contributed by atoms with Gasteiger partial charge in [0.1, 0.15) is 0 Å². The molecule has 0 radical (unpaired) electrons. The van der Waals surface area contributed by atoms with Crippen LogP contribution in [0.4, 0.5) is 0 Å². The van der Waals surface area contributed by atoms with E-state index in [4.69, 9.17) is 0 Å². The van der Waals surface area contributed by atoms with E-state index in [0.717, 1.165) is 12.3 Å². The molecule has 3 atom stereocenters. The first-order valence-electron chi connectivity index (χ1n) is 8.25. The summed E-state index contributed by atoms with van der Waals surface area (Å²) in [6.45, 7) is 1.19. The molecule has 3 aliphatic rings. The molecule has 3 rings (SSSR count). The van der Waals surface area contributed by atoms with Crippen LogP contribution in [-0.4, -0.2) is 37.5 Å². The fourth-order valence-corrected chi connectivity index (χ4v) is 4.40. The zero-order valence-corrected chi connectivity index (χ0v) is 12.8. The van der Waals surface area contributed by atoms with Crippen molar-refractivity contribution in [3.8, 4) is 0 Å². The number of carbonyl (C=O) groups excluding carboxylic acids is 1. The van der Waals surface area contributed by atoms with E-state index in [1.807, 2.05) is 0 Å². The Labute approximate surface area is 122 Å². The van der Waals surface area contributed by atoms with Crippen LogP contribution in [0.15, 0.2) is 12.2 Å². The number of carbonyl (C=O) groups is 1. The molecule has 0 spiro atoms. The molecular formula is C17H28N2O. The Hall–Kier alpha value is -0.830. The molecule has 0 heterocycles. The zero-order valence-electron chi connectivity index (χ0n) is 12.8. The number of amides is 1. The van der Waals surface area contributed by atoms with E-state index in [1.54, 1.807) is 0 Å². The Morgan fingerprint density at radius 2 is 1.90 bits per heavy atom. The molecule has 1 amide bonds. The normalized spacial score (nSPS) is 39.5. The van der Waals surface area contributed by atoms with E-state index in [-0.39, 0.29) is 5.92 Å². The smallest absolute Gasteiger partial charge is 0.223 e. The lowest BCUT2D eigenvalue weighted by Gasteiger charge is -2.31. The van der Waals surface area contributed by atoms with E-state index in [2.05, 4.69) is 36.5 Å². The lowest BCUT2D eigenvalue weighted by atomic mass is 9.85. The molecule has 0 aliphatic heterocycles. The molecular weight excluding hydrogens is 248 g/mol. The SMILES string of the molecule is CN(C)CC1CCC(NC(=O)C2CC3C=CC2C3)CC1. The number of nitrogens with one attached hydrogen (secondary N) is 1. The Bertz CT molecular complexity index is 382. The van der Waals surface area contributed by atoms with Crippen molar-refractivity contribution in [2.75, 3.05) is 20.6 Å². The van der Waals surface area contributed by atoms with Gasteiger partial charge in [0.05, 0.1) is 0 Å². The number of nitrogens with zero attached hydrogens (tertiary/aromatic N) is 1. The van der Waals surface area contributed by atoms with Gasteiger partial charge in [-0.3, -0.25) is 4.79 Å². The highest BCUT2D eigenvalue weighted by Gasteiger charge is 2.40. The third-order valence-electron chi connectivity index (χ3n) is 5.43. The standard InChI is InChI=1S/C17H28N2O/c1-19(2)11-12-4-7-15(8-5-12)18-17(20)16-10-13-3-6-14(16)9-13/h3,6,12-16H,4-5,7-11H2,1-2H3,(H,18,20). The molecule has 1 N–H and O–H groups in total. The highest BCUT2D eigenvalue weighted by Crippen LogP contribution is 2.43. The molecule has 0 aromatic rings. The minimum atomic E-state index is 0.268. The topological polar surface area (TPSA) is 32.3 Å². The maximum Gasteiger partial charge on any atom is 0.223 e. The summed E-state index contributed by atoms with van der Waals surface area (Å²) in [4.78, 5) is 14.7. The lowest BCUT2D eigenvalue weighted by Crippen LogP contribution is -2.42. The minimum Gasteiger partial charge on any atom is -0.353 e. The molecule has 3 nitrogen and oxygen atoms in total. The average Bonchev–Trinajstić information content (AvgIpc) is 3.03. The molecule has 0 saturated heterocycles. The third kappa shape index (κ3) is 3.08. The lowest BCUT2D eigenvalue weighted by molar-refractivity contribution is -0.126. The zero-order chi connectivity index (χ0) is 14.1. The Kier molecular flexibility index (Phi) is 4.16. The number of fused-ring (bicyclic) bond motifs is 2. The minimum absolute atomic E-state index is 0.268. The van der Waals surface area contributed by atoms with Gasteiger partial charge >= 0.3 is 0 Å². The van der Waals surface area contributed by atoms with E-state index in [1.165, 1.54) is 38.6 Å². The molecule has 2 bridgehead atoms. The van der Waals surface area contributed by atoms with E-state index < -0.39 is 0 Å². The second kappa shape index (κ2) is 5.88. The first kappa shape index (κ1) is 14.1. The molecule has 0 aromatic heterocycles. The number of hydrogen-bond acceptors (Lipinski definition) is 2. The maximum absolute atomic E-state index is 12.4. The predicted octanol–water partition coefficient (Wildman–Crippen LogP) is 2.44. The van der Waals surface area contributed by atoms with Gasteiger partial charge in [0.15, 0.2) is 0 Å². The quantitative estimate of drug-likeness (QED) is 0.800. The summed E-state index contributed by atoms with van der Waals surface area (Å²) in [5.74, 6) is 2.64. The van der Waals surface area contributed by atoms with Crippen LogP contribution in [0.5, 0.6) is 0 Å². The summed E-state index contributed by atoms with van der Waals surface area (Å²) >= 11 is 0. The van der Waals surface area contributed by atoms with Crippen LogP contribution in [0.2, 0.25) is 0 Å². The first-order valence-corrected chi connectivity index (χ1v) is 8.25. The Morgan fingerprint density at radius 3 is 2.45 bits per heavy atom. The molecule has 0 aromatic carbocycles. The van der Waals surface area contributed by atoms with Crippen LogP contribution in [0.1, 0.15) is 38.5 Å². The van der Waals surface area contributed by atoms with Gasteiger partial charge in [-0.05, 0) is 70.4 Å². The predicted molar refractivity (Wildman–Crippen MR) is 81.3 cm³/mol. The number of allylic oxidation sites excluding steroid dienone is 2. The van der Waals surface area contributed by atoms with Crippen LogP contribution >= 0.6 is 0 Å². The van der Waals surface area contributed by atoms with Crippen molar-refractivity contribution in [2.45, 2.75) is 44.6 Å². The van der Waals surface area contributed by atoms with Gasteiger partial charge in [-0.25, -0.2) is 0 Å². The van der Waals surface area contributed by atoms with Gasteiger partial charge in [0.25, 0.3) is 0 Å². The molecule has 112 valence electrons. The molecule has 2 saturated carbocycles. The number of rotatable bonds is 4. The second-order valence-corrected chi connectivity index (χ2v) is 7.38. The monoisotopic (exact) mass is 276 g/mol. The largest absolute Gasteiger partial charge is 0.353 e. The van der Waals surface area contributed by atoms with Gasteiger partial charge in [0, 0.05) is 18.5 Å². The van der Waals surface area contributed by atoms with Crippen molar-refractivity contribution in [1.82, 2.24) is 10.2 Å². The summed E-state index contributed by atoms with van der Waals surface area (Å²) < 4.78 is 0. The van der Waals surface area contributed by atoms with E-state index >= 15 is 0 Å². The van der Waals surface area contributed by atoms with Crippen molar-refractivity contribution in [3.63, 3.8) is 0 Å². The first-order chi connectivity index (χ1) is 9.61. The van der Waals surface area contributed by atoms with Gasteiger partial charge in [-0.2, -0.15) is 0 Å². The second-order valence-electron chi connectivity index (χ2n) is 7.38. The molecule has 2 fully saturated rings. The Morgan fingerprint density at radius 1 is 1.15 bits per heavy atom. The van der Waals surface area contributed by atoms with E-state index in [9.17, 15) is 4.79 Å². The van der Waals surface area contributed by atoms with Crippen LogP contribution < -0.4 is 5.32 Å². The third-order valence-corrected chi connectivity index (χ3v) is 5.43. The summed E-state index contributed by atoms with van der Waals surface area (Å²) in [5, 5.41) is 3.33. The summed E-state index contributed by atoms with van der Waals surface area (Å²) in [6.07, 6.45) is 11.7. The fourth-order valence-electron chi connectivity index (χ4n) is 4.40. The summed E-state index contributed by atoms with van der Waals surface area (Å²) in [5.41, 5.74) is 0. The molecule has 3 unspecified atom stereocenters. The van der Waals surface area contributed by atoms with Gasteiger partial charge in [-0.1, -0.05) is 12.2 Å². The average molecular weight is 276 g/mol. The highest BCUT2D eigenvalue weighted by atomic mass is 16.2. The molecule has 20 heavy (non-hydrogen) atoms. The molecule has 3 aliphatic carbocycles. The highest BCUT2D eigenvalue weighted by molar-refractivity contribution is 5.80. The van der Waals surface area contributed by atoms with Crippen molar-refractivity contribution < 1.29 is 4.79 Å². The van der Waals surface area contributed by atoms with Crippen molar-refractivity contribution >= 4 is 5.91 Å². The summed E-state index contributed by atoms with van der Waals surface area (Å²) in [6, 6.07) is 0.434. The van der Waals surface area contributed by atoms with Gasteiger partial charge < -0.3 is 10.2 Å². The van der Waals surface area contributed by atoms with Gasteiger partial charge in [-0.15, -0.1) is 0 Å². The van der Waals surface area contributed by atoms with Gasteiger partial charge in [0.2, 0.25) is 5.91 Å². The maximum atomic E-state index is 12.4. The fraction of sp³-hybridized carbons (Fsp3) is 0.824. The molecule has 3 heteroatoms. The van der Waals surface area contributed by atoms with Crippen LogP contribution in [0.3, 0.4) is 0 Å².